The van der Waals surface area contributed by atoms with Gasteiger partial charge in [-0.25, -0.2) is 8.42 Å². The van der Waals surface area contributed by atoms with E-state index in [1.54, 1.807) is 6.92 Å². The van der Waals surface area contributed by atoms with Gasteiger partial charge in [0.1, 0.15) is 0 Å². The molecule has 0 aliphatic heterocycles. The number of aliphatic carboxylic acids is 1. The van der Waals surface area contributed by atoms with E-state index in [0.717, 1.165) is 4.31 Å². The highest BCUT2D eigenvalue weighted by Crippen LogP contribution is 2.32. The fourth-order valence-electron chi connectivity index (χ4n) is 2.34. The highest BCUT2D eigenvalue weighted by molar-refractivity contribution is 7.89. The summed E-state index contributed by atoms with van der Waals surface area (Å²) in [5, 5.41) is 10.6. The molecule has 1 aliphatic rings. The molecule has 2 N–H and O–H groups in total. The van der Waals surface area contributed by atoms with E-state index in [-0.39, 0.29) is 6.54 Å². The lowest BCUT2D eigenvalue weighted by Crippen LogP contribution is -2.44. The number of carboxylic acid groups (broad SMARTS) is 1. The lowest BCUT2D eigenvalue weighted by molar-refractivity contribution is -0.141. The van der Waals surface area contributed by atoms with Gasteiger partial charge in [0, 0.05) is 13.6 Å². The van der Waals surface area contributed by atoms with Gasteiger partial charge in [-0.15, -0.1) is 0 Å². The zero-order chi connectivity index (χ0) is 14.6. The van der Waals surface area contributed by atoms with Gasteiger partial charge in [0.05, 0.1) is 17.7 Å². The molecule has 7 nitrogen and oxygen atoms in total. The number of sulfonamides is 1. The predicted molar refractivity (Wildman–Crippen MR) is 69.0 cm³/mol. The quantitative estimate of drug-likeness (QED) is 0.695. The number of hydrogen-bond donors (Lipinski definition) is 2. The van der Waals surface area contributed by atoms with Crippen molar-refractivity contribution < 1.29 is 23.1 Å². The first-order valence-corrected chi connectivity index (χ1v) is 7.75. The van der Waals surface area contributed by atoms with Crippen LogP contribution in [0.3, 0.4) is 0 Å². The minimum absolute atomic E-state index is 0.279. The zero-order valence-electron chi connectivity index (χ0n) is 11.1. The molecule has 0 bridgehead atoms. The lowest BCUT2D eigenvalue weighted by atomic mass is 10.1. The summed E-state index contributed by atoms with van der Waals surface area (Å²) in [5.41, 5.74) is 0. The molecule has 1 saturated carbocycles. The van der Waals surface area contributed by atoms with Crippen LogP contribution >= 0.6 is 0 Å². The van der Waals surface area contributed by atoms with E-state index in [1.165, 1.54) is 7.05 Å². The van der Waals surface area contributed by atoms with E-state index < -0.39 is 33.1 Å². The van der Waals surface area contributed by atoms with Gasteiger partial charge in [0.2, 0.25) is 15.9 Å². The van der Waals surface area contributed by atoms with Crippen LogP contribution in [-0.2, 0) is 19.6 Å². The fraction of sp³-hybridized carbons (Fsp3) is 0.818. The van der Waals surface area contributed by atoms with Crippen LogP contribution in [0.1, 0.15) is 26.2 Å². The Bertz CT molecular complexity index is 448. The molecule has 0 aromatic carbocycles. The number of nitrogens with one attached hydrogen (secondary N) is 1. The molecule has 2 unspecified atom stereocenters. The van der Waals surface area contributed by atoms with E-state index >= 15 is 0 Å². The summed E-state index contributed by atoms with van der Waals surface area (Å²) in [7, 11) is -2.45. The van der Waals surface area contributed by atoms with Crippen LogP contribution in [0.15, 0.2) is 0 Å². The third-order valence-corrected chi connectivity index (χ3v) is 5.65. The first-order chi connectivity index (χ1) is 8.80. The van der Waals surface area contributed by atoms with Gasteiger partial charge in [0.25, 0.3) is 0 Å². The smallest absolute Gasteiger partial charge is 0.307 e. The average Bonchev–Trinajstić information content (AvgIpc) is 2.78. The SMILES string of the molecule is CCNC(=O)CN(C)S(=O)(=O)C1CCCC1C(=O)O. The molecule has 2 atom stereocenters. The molecule has 1 fully saturated rings. The summed E-state index contributed by atoms with van der Waals surface area (Å²) in [6, 6.07) is 0. The maximum absolute atomic E-state index is 12.3. The van der Waals surface area contributed by atoms with Gasteiger partial charge in [-0.05, 0) is 19.8 Å². The first kappa shape index (κ1) is 15.9. The molecule has 110 valence electrons. The van der Waals surface area contributed by atoms with E-state index in [2.05, 4.69) is 5.32 Å². The van der Waals surface area contributed by atoms with E-state index in [1.807, 2.05) is 0 Å². The minimum Gasteiger partial charge on any atom is -0.481 e. The molecule has 8 heteroatoms. The summed E-state index contributed by atoms with van der Waals surface area (Å²) < 4.78 is 25.5. The Morgan fingerprint density at radius 1 is 1.37 bits per heavy atom. The van der Waals surface area contributed by atoms with Crippen molar-refractivity contribution in [3.63, 3.8) is 0 Å². The number of rotatable bonds is 6. The molecular weight excluding hydrogens is 272 g/mol. The Balaban J connectivity index is 2.79. The second kappa shape index (κ2) is 6.33. The summed E-state index contributed by atoms with van der Waals surface area (Å²) in [6.45, 7) is 1.89. The molecule has 0 aromatic heterocycles. The normalized spacial score (nSPS) is 23.5. The van der Waals surface area contributed by atoms with Gasteiger partial charge >= 0.3 is 5.97 Å². The molecule has 19 heavy (non-hydrogen) atoms. The van der Waals surface area contributed by atoms with E-state index in [4.69, 9.17) is 5.11 Å². The van der Waals surface area contributed by atoms with Gasteiger partial charge in [-0.2, -0.15) is 4.31 Å². The van der Waals surface area contributed by atoms with E-state index in [9.17, 15) is 18.0 Å². The van der Waals surface area contributed by atoms with Crippen LogP contribution in [0.5, 0.6) is 0 Å². The summed E-state index contributed by atoms with van der Waals surface area (Å²) in [6.07, 6.45) is 1.28. The van der Waals surface area contributed by atoms with Crippen LogP contribution in [-0.4, -0.2) is 55.1 Å². The van der Waals surface area contributed by atoms with E-state index in [0.29, 0.717) is 25.8 Å². The molecule has 1 rings (SSSR count). The molecular formula is C11H20N2O5S. The van der Waals surface area contributed by atoms with Crippen LogP contribution in [0.2, 0.25) is 0 Å². The Morgan fingerprint density at radius 2 is 2.00 bits per heavy atom. The molecule has 0 spiro atoms. The molecule has 0 aromatic rings. The van der Waals surface area contributed by atoms with Gasteiger partial charge in [-0.3, -0.25) is 9.59 Å². The zero-order valence-corrected chi connectivity index (χ0v) is 11.9. The Morgan fingerprint density at radius 3 is 2.53 bits per heavy atom. The highest BCUT2D eigenvalue weighted by atomic mass is 32.2. The van der Waals surface area contributed by atoms with Gasteiger partial charge < -0.3 is 10.4 Å². The van der Waals surface area contributed by atoms with Crippen LogP contribution in [0.25, 0.3) is 0 Å². The Labute approximate surface area is 113 Å². The summed E-state index contributed by atoms with van der Waals surface area (Å²) in [4.78, 5) is 22.4. The molecule has 1 amide bonds. The highest BCUT2D eigenvalue weighted by Gasteiger charge is 2.43. The molecule has 0 saturated heterocycles. The maximum atomic E-state index is 12.3. The van der Waals surface area contributed by atoms with Crippen molar-refractivity contribution in [1.29, 1.82) is 0 Å². The lowest BCUT2D eigenvalue weighted by Gasteiger charge is -2.23. The topological polar surface area (TPSA) is 104 Å². The second-order valence-electron chi connectivity index (χ2n) is 4.67. The Kier molecular flexibility index (Phi) is 5.30. The van der Waals surface area contributed by atoms with Crippen molar-refractivity contribution in [2.45, 2.75) is 31.4 Å². The number of hydrogen-bond acceptors (Lipinski definition) is 4. The van der Waals surface area contributed by atoms with Gasteiger partial charge in [0.15, 0.2) is 0 Å². The van der Waals surface area contributed by atoms with Gasteiger partial charge in [-0.1, -0.05) is 6.42 Å². The number of carboxylic acids is 1. The monoisotopic (exact) mass is 292 g/mol. The molecule has 1 aliphatic carbocycles. The minimum atomic E-state index is -3.75. The molecule has 0 heterocycles. The first-order valence-electron chi connectivity index (χ1n) is 6.25. The van der Waals surface area contributed by atoms with Crippen molar-refractivity contribution in [3.05, 3.63) is 0 Å². The number of carbonyl (C=O) groups excluding carboxylic acids is 1. The number of nitrogens with zero attached hydrogens (tertiary/aromatic N) is 1. The third-order valence-electron chi connectivity index (χ3n) is 3.33. The summed E-state index contributed by atoms with van der Waals surface area (Å²) in [5.74, 6) is -2.35. The standard InChI is InChI=1S/C11H20N2O5S/c1-3-12-10(14)7-13(2)19(17,18)9-6-4-5-8(9)11(15)16/h8-9H,3-7H2,1-2H3,(H,12,14)(H,15,16). The maximum Gasteiger partial charge on any atom is 0.307 e. The van der Waals surface area contributed by atoms with Crippen molar-refractivity contribution >= 4 is 21.9 Å². The Hall–Kier alpha value is -1.15. The number of amides is 1. The van der Waals surface area contributed by atoms with Crippen molar-refractivity contribution in [3.8, 4) is 0 Å². The second-order valence-corrected chi connectivity index (χ2v) is 6.93. The van der Waals surface area contributed by atoms with Crippen molar-refractivity contribution in [2.24, 2.45) is 5.92 Å². The number of carbonyl (C=O) groups is 2. The molecule has 0 radical (unpaired) electrons. The van der Waals surface area contributed by atoms with Crippen LogP contribution < -0.4 is 5.32 Å². The van der Waals surface area contributed by atoms with Crippen LogP contribution in [0.4, 0.5) is 0 Å². The number of likely N-dealkylation sites (N-methyl/N-ethyl adjacent to an activating group) is 2. The van der Waals surface area contributed by atoms with Crippen molar-refractivity contribution in [1.82, 2.24) is 9.62 Å². The third kappa shape index (κ3) is 3.66. The average molecular weight is 292 g/mol. The van der Waals surface area contributed by atoms with Crippen LogP contribution in [0, 0.1) is 5.92 Å². The summed E-state index contributed by atoms with van der Waals surface area (Å²) >= 11 is 0. The predicted octanol–water partition coefficient (Wildman–Crippen LogP) is -0.363. The fourth-order valence-corrected chi connectivity index (χ4v) is 4.23. The largest absolute Gasteiger partial charge is 0.481 e. The van der Waals surface area contributed by atoms with Crippen molar-refractivity contribution in [2.75, 3.05) is 20.1 Å².